The number of aliphatic hydroxyl groups is 1. The van der Waals surface area contributed by atoms with Gasteiger partial charge in [0.15, 0.2) is 0 Å². The molecule has 2 nitrogen and oxygen atoms in total. The van der Waals surface area contributed by atoms with Gasteiger partial charge in [-0.25, -0.2) is 0 Å². The number of aliphatic hydroxyl groups excluding tert-OH is 1. The Kier molecular flexibility index (Phi) is 15.3. The minimum absolute atomic E-state index is 0.0972. The molecule has 1 N–H and O–H groups in total. The van der Waals surface area contributed by atoms with Crippen LogP contribution in [0.1, 0.15) is 52.7 Å². The Morgan fingerprint density at radius 2 is 1.14 bits per heavy atom. The average molecular weight is 689 g/mol. The van der Waals surface area contributed by atoms with E-state index in [1.807, 2.05) is 20.8 Å². The number of hydrogen-bond donors (Lipinski definition) is 1. The molecule has 2 aromatic rings. The summed E-state index contributed by atoms with van der Waals surface area (Å²) in [7, 11) is 0. The second-order valence-corrected chi connectivity index (χ2v) is 12.2. The predicted molar refractivity (Wildman–Crippen MR) is 147 cm³/mol. The fourth-order valence-electron chi connectivity index (χ4n) is 1.63. The number of rotatable bonds is 4. The van der Waals surface area contributed by atoms with E-state index < -0.39 is 0 Å². The van der Waals surface area contributed by atoms with E-state index in [1.54, 1.807) is 0 Å². The molecule has 5 heteroatoms. The molecule has 0 fully saturated rings. The molecule has 29 heavy (non-hydrogen) atoms. The van der Waals surface area contributed by atoms with Crippen LogP contribution in [0.2, 0.25) is 0 Å². The van der Waals surface area contributed by atoms with Gasteiger partial charge in [-0.1, -0.05) is 81.7 Å². The number of alkyl halides is 1. The quantitative estimate of drug-likeness (QED) is 0.260. The van der Waals surface area contributed by atoms with Crippen LogP contribution in [0, 0.1) is 18.0 Å². The summed E-state index contributed by atoms with van der Waals surface area (Å²) in [4.78, 5) is 0. The van der Waals surface area contributed by atoms with Crippen LogP contribution in [0.3, 0.4) is 0 Å². The SMILES string of the molecule is BrCc1ccc(I)cc1.CC(C)(C)CO.CC(C)(C)COCc1ccc(I)cc1. The number of benzene rings is 2. The Morgan fingerprint density at radius 1 is 0.759 bits per heavy atom. The molecule has 0 atom stereocenters. The van der Waals surface area contributed by atoms with E-state index in [0.717, 1.165) is 11.9 Å². The van der Waals surface area contributed by atoms with E-state index in [0.29, 0.717) is 6.61 Å². The fraction of sp³-hybridized carbons (Fsp3) is 0.500. The van der Waals surface area contributed by atoms with E-state index in [-0.39, 0.29) is 17.4 Å². The molecule has 0 saturated heterocycles. The topological polar surface area (TPSA) is 29.5 Å². The van der Waals surface area contributed by atoms with E-state index in [4.69, 9.17) is 9.84 Å². The lowest BCUT2D eigenvalue weighted by Crippen LogP contribution is -2.14. The van der Waals surface area contributed by atoms with Crippen molar-refractivity contribution in [3.8, 4) is 0 Å². The molecule has 0 bridgehead atoms. The van der Waals surface area contributed by atoms with Crippen LogP contribution in [0.15, 0.2) is 48.5 Å². The molecule has 0 radical (unpaired) electrons. The third-order valence-corrected chi connectivity index (χ3v) is 5.34. The van der Waals surface area contributed by atoms with Gasteiger partial charge in [-0.05, 0) is 91.4 Å². The van der Waals surface area contributed by atoms with Gasteiger partial charge in [0.1, 0.15) is 0 Å². The first-order valence-corrected chi connectivity index (χ1v) is 12.9. The highest BCUT2D eigenvalue weighted by molar-refractivity contribution is 14.1. The summed E-state index contributed by atoms with van der Waals surface area (Å²) < 4.78 is 8.18. The lowest BCUT2D eigenvalue weighted by atomic mass is 9.99. The Bertz CT molecular complexity index is 657. The Morgan fingerprint density at radius 3 is 1.45 bits per heavy atom. The summed E-state index contributed by atoms with van der Waals surface area (Å²) >= 11 is 7.98. The molecule has 0 saturated carbocycles. The first-order chi connectivity index (χ1) is 13.4. The molecule has 2 aromatic carbocycles. The third-order valence-electron chi connectivity index (χ3n) is 3.26. The van der Waals surface area contributed by atoms with Crippen LogP contribution >= 0.6 is 61.1 Å². The van der Waals surface area contributed by atoms with Crippen molar-refractivity contribution in [2.75, 3.05) is 13.2 Å². The Labute approximate surface area is 213 Å². The Hall–Kier alpha value is 0.300. The maximum absolute atomic E-state index is 8.40. The largest absolute Gasteiger partial charge is 0.396 e. The second kappa shape index (κ2) is 15.2. The van der Waals surface area contributed by atoms with Gasteiger partial charge in [-0.2, -0.15) is 0 Å². The minimum Gasteiger partial charge on any atom is -0.396 e. The molecular weight excluding hydrogens is 654 g/mol. The van der Waals surface area contributed by atoms with Gasteiger partial charge in [-0.15, -0.1) is 0 Å². The number of halogens is 3. The van der Waals surface area contributed by atoms with Gasteiger partial charge in [0.25, 0.3) is 0 Å². The van der Waals surface area contributed by atoms with Crippen LogP contribution in [0.4, 0.5) is 0 Å². The Balaban J connectivity index is 0.000000448. The first kappa shape index (κ1) is 29.3. The van der Waals surface area contributed by atoms with Crippen LogP contribution in [0.25, 0.3) is 0 Å². The van der Waals surface area contributed by atoms with Crippen molar-refractivity contribution in [3.63, 3.8) is 0 Å². The van der Waals surface area contributed by atoms with E-state index >= 15 is 0 Å². The van der Waals surface area contributed by atoms with Gasteiger partial charge in [-0.3, -0.25) is 0 Å². The molecule has 0 aliphatic carbocycles. The molecule has 0 unspecified atom stereocenters. The smallest absolute Gasteiger partial charge is 0.0717 e. The van der Waals surface area contributed by atoms with Crippen molar-refractivity contribution >= 4 is 61.1 Å². The molecule has 0 aromatic heterocycles. The molecule has 0 heterocycles. The number of ether oxygens (including phenoxy) is 1. The van der Waals surface area contributed by atoms with Crippen LogP contribution in [-0.4, -0.2) is 18.3 Å². The van der Waals surface area contributed by atoms with Crippen molar-refractivity contribution in [1.29, 1.82) is 0 Å². The van der Waals surface area contributed by atoms with Crippen LogP contribution < -0.4 is 0 Å². The summed E-state index contributed by atoms with van der Waals surface area (Å²) in [5, 5.41) is 9.35. The highest BCUT2D eigenvalue weighted by Crippen LogP contribution is 2.15. The predicted octanol–water partition coefficient (Wildman–Crippen LogP) is 8.06. The second-order valence-electron chi connectivity index (χ2n) is 9.16. The summed E-state index contributed by atoms with van der Waals surface area (Å²) in [6.45, 7) is 14.3. The van der Waals surface area contributed by atoms with Crippen LogP contribution in [0.5, 0.6) is 0 Å². The number of hydrogen-bond acceptors (Lipinski definition) is 2. The van der Waals surface area contributed by atoms with Gasteiger partial charge >= 0.3 is 0 Å². The minimum atomic E-state index is 0.0972. The van der Waals surface area contributed by atoms with Crippen molar-refractivity contribution < 1.29 is 9.84 Å². The lowest BCUT2D eigenvalue weighted by Gasteiger charge is -2.17. The van der Waals surface area contributed by atoms with Crippen molar-refractivity contribution in [3.05, 3.63) is 66.8 Å². The summed E-state index contributed by atoms with van der Waals surface area (Å²) in [6.07, 6.45) is 0. The van der Waals surface area contributed by atoms with Gasteiger partial charge < -0.3 is 9.84 Å². The van der Waals surface area contributed by atoms with Crippen molar-refractivity contribution in [2.45, 2.75) is 53.5 Å². The van der Waals surface area contributed by atoms with E-state index in [1.165, 1.54) is 18.3 Å². The molecule has 2 rings (SSSR count). The molecule has 0 amide bonds. The summed E-state index contributed by atoms with van der Waals surface area (Å²) in [5.41, 5.74) is 2.92. The van der Waals surface area contributed by atoms with E-state index in [9.17, 15) is 0 Å². The monoisotopic (exact) mass is 688 g/mol. The summed E-state index contributed by atoms with van der Waals surface area (Å²) in [5.74, 6) is 0. The third kappa shape index (κ3) is 18.8. The lowest BCUT2D eigenvalue weighted by molar-refractivity contribution is 0.0599. The zero-order chi connectivity index (χ0) is 22.5. The molecular formula is C24H35BrI2O2. The normalized spacial score (nSPS) is 11.1. The average Bonchev–Trinajstić information content (AvgIpc) is 2.63. The molecule has 164 valence electrons. The van der Waals surface area contributed by atoms with Gasteiger partial charge in [0.05, 0.1) is 13.2 Å². The molecule has 0 aliphatic rings. The highest BCUT2D eigenvalue weighted by Gasteiger charge is 2.09. The summed E-state index contributed by atoms with van der Waals surface area (Å²) in [6, 6.07) is 16.9. The first-order valence-electron chi connectivity index (χ1n) is 9.60. The zero-order valence-corrected chi connectivity index (χ0v) is 24.3. The maximum atomic E-state index is 8.40. The van der Waals surface area contributed by atoms with Crippen molar-refractivity contribution in [2.24, 2.45) is 10.8 Å². The maximum Gasteiger partial charge on any atom is 0.0717 e. The highest BCUT2D eigenvalue weighted by atomic mass is 127. The van der Waals surface area contributed by atoms with Gasteiger partial charge in [0, 0.05) is 19.1 Å². The zero-order valence-electron chi connectivity index (χ0n) is 18.4. The van der Waals surface area contributed by atoms with Crippen LogP contribution in [-0.2, 0) is 16.7 Å². The molecule has 0 aliphatic heterocycles. The van der Waals surface area contributed by atoms with Gasteiger partial charge in [0.2, 0.25) is 0 Å². The standard InChI is InChI=1S/C12H17IO.C7H6BrI.C5H12O/c1-12(2,3)9-14-8-10-4-6-11(13)7-5-10;8-5-6-1-3-7(9)4-2-6;1-5(2,3)4-6/h4-7H,8-9H2,1-3H3;1-4H,5H2;6H,4H2,1-3H3. The van der Waals surface area contributed by atoms with E-state index in [2.05, 4.69) is 130 Å². The van der Waals surface area contributed by atoms with Crippen molar-refractivity contribution in [1.82, 2.24) is 0 Å². The fourth-order valence-corrected chi connectivity index (χ4v) is 2.72. The molecule has 0 spiro atoms.